The highest BCUT2D eigenvalue weighted by Gasteiger charge is 2.25. The number of likely N-dealkylation sites (tertiary alicyclic amines) is 1. The van der Waals surface area contributed by atoms with Crippen molar-refractivity contribution in [2.24, 2.45) is 0 Å². The molecule has 0 aliphatic carbocycles. The molecule has 1 N–H and O–H groups in total. The molecular formula is C12H13N3O2. The average Bonchev–Trinajstić information content (AvgIpc) is 2.77. The predicted molar refractivity (Wildman–Crippen MR) is 61.0 cm³/mol. The fourth-order valence-electron chi connectivity index (χ4n) is 1.88. The van der Waals surface area contributed by atoms with Crippen LogP contribution in [0.1, 0.15) is 5.89 Å². The number of benzene rings is 1. The van der Waals surface area contributed by atoms with Gasteiger partial charge in [-0.25, -0.2) is 0 Å². The van der Waals surface area contributed by atoms with Crippen LogP contribution in [0.2, 0.25) is 0 Å². The van der Waals surface area contributed by atoms with Gasteiger partial charge < -0.3 is 9.52 Å². The van der Waals surface area contributed by atoms with Crippen molar-refractivity contribution < 1.29 is 9.52 Å². The molecule has 0 unspecified atom stereocenters. The molecule has 0 atom stereocenters. The van der Waals surface area contributed by atoms with E-state index in [0.29, 0.717) is 31.4 Å². The van der Waals surface area contributed by atoms with Crippen LogP contribution in [0.3, 0.4) is 0 Å². The van der Waals surface area contributed by atoms with Crippen LogP contribution in [-0.4, -0.2) is 39.4 Å². The monoisotopic (exact) mass is 231 g/mol. The third kappa shape index (κ3) is 2.20. The average molecular weight is 231 g/mol. The summed E-state index contributed by atoms with van der Waals surface area (Å²) >= 11 is 0. The first-order chi connectivity index (χ1) is 8.31. The molecule has 1 fully saturated rings. The van der Waals surface area contributed by atoms with Gasteiger partial charge in [-0.2, -0.15) is 0 Å². The molecule has 5 heteroatoms. The van der Waals surface area contributed by atoms with E-state index in [2.05, 4.69) is 15.1 Å². The lowest BCUT2D eigenvalue weighted by Gasteiger charge is -2.34. The second kappa shape index (κ2) is 4.27. The summed E-state index contributed by atoms with van der Waals surface area (Å²) in [5.74, 6) is 1.14. The van der Waals surface area contributed by atoms with Crippen LogP contribution in [0.25, 0.3) is 11.5 Å². The summed E-state index contributed by atoms with van der Waals surface area (Å²) < 4.78 is 5.57. The molecule has 0 bridgehead atoms. The first kappa shape index (κ1) is 10.4. The van der Waals surface area contributed by atoms with E-state index in [1.807, 2.05) is 30.3 Å². The zero-order valence-corrected chi connectivity index (χ0v) is 9.28. The number of rotatable bonds is 3. The molecule has 0 spiro atoms. The molecule has 17 heavy (non-hydrogen) atoms. The lowest BCUT2D eigenvalue weighted by Crippen LogP contribution is -2.49. The maximum Gasteiger partial charge on any atom is 0.247 e. The van der Waals surface area contributed by atoms with Crippen LogP contribution < -0.4 is 0 Å². The summed E-state index contributed by atoms with van der Waals surface area (Å²) in [7, 11) is 0. The van der Waals surface area contributed by atoms with E-state index in [1.165, 1.54) is 0 Å². The SMILES string of the molecule is OC1CN(Cc2nnc(-c3ccccc3)o2)C1. The molecule has 88 valence electrons. The lowest BCUT2D eigenvalue weighted by molar-refractivity contribution is -0.00712. The van der Waals surface area contributed by atoms with E-state index < -0.39 is 0 Å². The Morgan fingerprint density at radius 3 is 2.71 bits per heavy atom. The summed E-state index contributed by atoms with van der Waals surface area (Å²) in [5, 5.41) is 17.2. The van der Waals surface area contributed by atoms with Gasteiger partial charge in [0.15, 0.2) is 0 Å². The van der Waals surface area contributed by atoms with Gasteiger partial charge in [0.2, 0.25) is 11.8 Å². The highest BCUT2D eigenvalue weighted by atomic mass is 16.4. The maximum atomic E-state index is 9.17. The molecule has 1 aliphatic rings. The van der Waals surface area contributed by atoms with Crippen molar-refractivity contribution in [3.63, 3.8) is 0 Å². The van der Waals surface area contributed by atoms with Gasteiger partial charge in [0.1, 0.15) is 0 Å². The van der Waals surface area contributed by atoms with E-state index in [-0.39, 0.29) is 6.10 Å². The number of hydrogen-bond acceptors (Lipinski definition) is 5. The van der Waals surface area contributed by atoms with Crippen LogP contribution >= 0.6 is 0 Å². The number of β-amino-alcohol motifs (C(OH)–C–C–N with tert-alkyl or cyclic N) is 1. The van der Waals surface area contributed by atoms with Crippen molar-refractivity contribution in [3.05, 3.63) is 36.2 Å². The second-order valence-corrected chi connectivity index (χ2v) is 4.21. The smallest absolute Gasteiger partial charge is 0.247 e. The van der Waals surface area contributed by atoms with Gasteiger partial charge in [0.05, 0.1) is 12.6 Å². The van der Waals surface area contributed by atoms with E-state index in [1.54, 1.807) is 0 Å². The molecule has 0 amide bonds. The zero-order chi connectivity index (χ0) is 11.7. The number of hydrogen-bond donors (Lipinski definition) is 1. The Bertz CT molecular complexity index is 491. The number of nitrogens with zero attached hydrogens (tertiary/aromatic N) is 3. The molecular weight excluding hydrogens is 218 g/mol. The summed E-state index contributed by atoms with van der Waals surface area (Å²) in [6, 6.07) is 9.69. The Hall–Kier alpha value is -1.72. The molecule has 1 aromatic carbocycles. The van der Waals surface area contributed by atoms with E-state index in [4.69, 9.17) is 4.42 Å². The minimum Gasteiger partial charge on any atom is -0.419 e. The van der Waals surface area contributed by atoms with Crippen LogP contribution in [0, 0.1) is 0 Å². The molecule has 0 radical (unpaired) electrons. The molecule has 2 heterocycles. The van der Waals surface area contributed by atoms with E-state index in [0.717, 1.165) is 5.56 Å². The van der Waals surface area contributed by atoms with Gasteiger partial charge in [0.25, 0.3) is 0 Å². The molecule has 3 rings (SSSR count). The number of aliphatic hydroxyl groups excluding tert-OH is 1. The Morgan fingerprint density at radius 1 is 1.24 bits per heavy atom. The molecule has 5 nitrogen and oxygen atoms in total. The van der Waals surface area contributed by atoms with Gasteiger partial charge >= 0.3 is 0 Å². The van der Waals surface area contributed by atoms with Gasteiger partial charge in [-0.15, -0.1) is 10.2 Å². The summed E-state index contributed by atoms with van der Waals surface area (Å²) in [4.78, 5) is 2.06. The van der Waals surface area contributed by atoms with Crippen LogP contribution in [0.15, 0.2) is 34.7 Å². The first-order valence-electron chi connectivity index (χ1n) is 5.59. The van der Waals surface area contributed by atoms with E-state index in [9.17, 15) is 5.11 Å². The fourth-order valence-corrected chi connectivity index (χ4v) is 1.88. The third-order valence-corrected chi connectivity index (χ3v) is 2.78. The normalized spacial score (nSPS) is 17.0. The third-order valence-electron chi connectivity index (χ3n) is 2.78. The second-order valence-electron chi connectivity index (χ2n) is 4.21. The molecule has 1 aliphatic heterocycles. The maximum absolute atomic E-state index is 9.17. The summed E-state index contributed by atoms with van der Waals surface area (Å²) in [6.45, 7) is 1.98. The zero-order valence-electron chi connectivity index (χ0n) is 9.28. The summed E-state index contributed by atoms with van der Waals surface area (Å²) in [5.41, 5.74) is 0.926. The van der Waals surface area contributed by atoms with Crippen molar-refractivity contribution in [1.82, 2.24) is 15.1 Å². The van der Waals surface area contributed by atoms with Gasteiger partial charge in [-0.1, -0.05) is 18.2 Å². The van der Waals surface area contributed by atoms with Crippen LogP contribution in [-0.2, 0) is 6.54 Å². The molecule has 0 saturated carbocycles. The minimum atomic E-state index is -0.202. The quantitative estimate of drug-likeness (QED) is 0.850. The standard InChI is InChI=1S/C12H13N3O2/c16-10-6-15(7-10)8-11-13-14-12(17-11)9-4-2-1-3-5-9/h1-5,10,16H,6-8H2. The van der Waals surface area contributed by atoms with Crippen molar-refractivity contribution in [2.45, 2.75) is 12.6 Å². The van der Waals surface area contributed by atoms with Crippen molar-refractivity contribution in [3.8, 4) is 11.5 Å². The van der Waals surface area contributed by atoms with Gasteiger partial charge in [-0.3, -0.25) is 4.90 Å². The molecule has 1 aromatic heterocycles. The van der Waals surface area contributed by atoms with Crippen LogP contribution in [0.4, 0.5) is 0 Å². The highest BCUT2D eigenvalue weighted by Crippen LogP contribution is 2.18. The molecule has 1 saturated heterocycles. The number of aliphatic hydroxyl groups is 1. The van der Waals surface area contributed by atoms with E-state index >= 15 is 0 Å². The Labute approximate surface area is 98.7 Å². The minimum absolute atomic E-state index is 0.202. The van der Waals surface area contributed by atoms with Gasteiger partial charge in [0, 0.05) is 18.7 Å². The predicted octanol–water partition coefficient (Wildman–Crippen LogP) is 0.913. The summed E-state index contributed by atoms with van der Waals surface area (Å²) in [6.07, 6.45) is -0.202. The molecule has 2 aromatic rings. The van der Waals surface area contributed by atoms with Gasteiger partial charge in [-0.05, 0) is 12.1 Å². The van der Waals surface area contributed by atoms with Crippen molar-refractivity contribution in [2.75, 3.05) is 13.1 Å². The first-order valence-corrected chi connectivity index (χ1v) is 5.59. The Morgan fingerprint density at radius 2 is 2.00 bits per heavy atom. The highest BCUT2D eigenvalue weighted by molar-refractivity contribution is 5.51. The Kier molecular flexibility index (Phi) is 2.62. The topological polar surface area (TPSA) is 62.4 Å². The number of aromatic nitrogens is 2. The van der Waals surface area contributed by atoms with Crippen molar-refractivity contribution >= 4 is 0 Å². The van der Waals surface area contributed by atoms with Crippen molar-refractivity contribution in [1.29, 1.82) is 0 Å². The van der Waals surface area contributed by atoms with Crippen LogP contribution in [0.5, 0.6) is 0 Å². The Balaban J connectivity index is 1.70. The largest absolute Gasteiger partial charge is 0.419 e. The fraction of sp³-hybridized carbons (Fsp3) is 0.333. The lowest BCUT2D eigenvalue weighted by atomic mass is 10.2.